The zero-order chi connectivity index (χ0) is 20.7. The molecule has 1 fully saturated rings. The molecular formula is C23H25N3O4. The number of piperidine rings is 1. The third kappa shape index (κ3) is 3.39. The van der Waals surface area contributed by atoms with Gasteiger partial charge in [0.15, 0.2) is 5.58 Å². The Balaban J connectivity index is 1.39. The van der Waals surface area contributed by atoms with Gasteiger partial charge in [0, 0.05) is 25.1 Å². The Hall–Kier alpha value is -3.06. The average molecular weight is 407 g/mol. The molecule has 1 N–H and O–H groups in total. The summed E-state index contributed by atoms with van der Waals surface area (Å²) in [5, 5.41) is 3.15. The topological polar surface area (TPSA) is 76.7 Å². The standard InChI is InChI=1S/C23H25N3O4/c1-25-12-10-23(11-13-25)14-17(16-6-2-4-8-19(16)30-23)24-21(27)15-26-18-7-3-5-9-20(18)29-22(26)28/h2-9,17H,10-15H2,1H3,(H,24,27). The number of likely N-dealkylation sites (tertiary alicyclic amines) is 1. The smallest absolute Gasteiger partial charge is 0.420 e. The number of hydrogen-bond acceptors (Lipinski definition) is 5. The maximum Gasteiger partial charge on any atom is 0.420 e. The molecule has 3 heterocycles. The first kappa shape index (κ1) is 18.9. The molecule has 7 heteroatoms. The fourth-order valence-electron chi connectivity index (χ4n) is 4.63. The highest BCUT2D eigenvalue weighted by Gasteiger charge is 2.43. The number of fused-ring (bicyclic) bond motifs is 2. The van der Waals surface area contributed by atoms with Gasteiger partial charge in [0.25, 0.3) is 0 Å². The molecule has 0 radical (unpaired) electrons. The highest BCUT2D eigenvalue weighted by Crippen LogP contribution is 2.44. The van der Waals surface area contributed by atoms with Gasteiger partial charge in [0.05, 0.1) is 11.6 Å². The lowest BCUT2D eigenvalue weighted by molar-refractivity contribution is -0.123. The van der Waals surface area contributed by atoms with Gasteiger partial charge in [-0.15, -0.1) is 0 Å². The van der Waals surface area contributed by atoms with Gasteiger partial charge >= 0.3 is 5.76 Å². The minimum Gasteiger partial charge on any atom is -0.487 e. The molecule has 30 heavy (non-hydrogen) atoms. The number of carbonyl (C=O) groups excluding carboxylic acids is 1. The third-order valence-electron chi connectivity index (χ3n) is 6.31. The first-order valence-corrected chi connectivity index (χ1v) is 10.4. The second kappa shape index (κ2) is 7.32. The van der Waals surface area contributed by atoms with Crippen molar-refractivity contribution in [2.24, 2.45) is 0 Å². The van der Waals surface area contributed by atoms with Crippen LogP contribution >= 0.6 is 0 Å². The van der Waals surface area contributed by atoms with Gasteiger partial charge in [-0.2, -0.15) is 0 Å². The lowest BCUT2D eigenvalue weighted by atomic mass is 9.80. The largest absolute Gasteiger partial charge is 0.487 e. The summed E-state index contributed by atoms with van der Waals surface area (Å²) in [4.78, 5) is 27.5. The molecule has 0 saturated carbocycles. The highest BCUT2D eigenvalue weighted by molar-refractivity contribution is 5.80. The van der Waals surface area contributed by atoms with E-state index in [2.05, 4.69) is 17.3 Å². The van der Waals surface area contributed by atoms with Crippen molar-refractivity contribution < 1.29 is 13.9 Å². The quantitative estimate of drug-likeness (QED) is 0.722. The maximum atomic E-state index is 12.9. The van der Waals surface area contributed by atoms with Crippen LogP contribution in [0, 0.1) is 0 Å². The summed E-state index contributed by atoms with van der Waals surface area (Å²) in [6.45, 7) is 1.86. The number of benzene rings is 2. The molecule has 1 atom stereocenters. The van der Waals surface area contributed by atoms with E-state index in [1.807, 2.05) is 30.3 Å². The molecule has 1 aromatic heterocycles. The van der Waals surface area contributed by atoms with E-state index in [9.17, 15) is 9.59 Å². The van der Waals surface area contributed by atoms with Crippen molar-refractivity contribution in [1.29, 1.82) is 0 Å². The predicted molar refractivity (Wildman–Crippen MR) is 113 cm³/mol. The van der Waals surface area contributed by atoms with Crippen LogP contribution < -0.4 is 15.8 Å². The first-order chi connectivity index (χ1) is 14.5. The molecule has 156 valence electrons. The molecule has 2 aromatic carbocycles. The average Bonchev–Trinajstić information content (AvgIpc) is 3.05. The van der Waals surface area contributed by atoms with Crippen molar-refractivity contribution in [2.45, 2.75) is 37.5 Å². The zero-order valence-electron chi connectivity index (χ0n) is 17.0. The van der Waals surface area contributed by atoms with Crippen LogP contribution in [0.15, 0.2) is 57.7 Å². The number of nitrogens with one attached hydrogen (secondary N) is 1. The summed E-state index contributed by atoms with van der Waals surface area (Å²) >= 11 is 0. The number of oxazole rings is 1. The highest BCUT2D eigenvalue weighted by atomic mass is 16.5. The summed E-state index contributed by atoms with van der Waals surface area (Å²) in [6.07, 6.45) is 2.58. The van der Waals surface area contributed by atoms with Gasteiger partial charge < -0.3 is 19.4 Å². The monoisotopic (exact) mass is 407 g/mol. The van der Waals surface area contributed by atoms with Crippen LogP contribution in [0.3, 0.4) is 0 Å². The number of para-hydroxylation sites is 3. The summed E-state index contributed by atoms with van der Waals surface area (Å²) in [5.74, 6) is 0.100. The molecule has 0 bridgehead atoms. The van der Waals surface area contributed by atoms with Gasteiger partial charge in [-0.05, 0) is 38.1 Å². The second-order valence-electron chi connectivity index (χ2n) is 8.37. The molecule has 2 aliphatic rings. The Labute approximate surface area is 174 Å². The van der Waals surface area contributed by atoms with E-state index in [4.69, 9.17) is 9.15 Å². The van der Waals surface area contributed by atoms with Gasteiger partial charge in [-0.1, -0.05) is 30.3 Å². The SMILES string of the molecule is CN1CCC2(CC1)CC(NC(=O)Cn1c(=O)oc3ccccc31)c1ccccc1O2. The third-order valence-corrected chi connectivity index (χ3v) is 6.31. The van der Waals surface area contributed by atoms with Crippen LogP contribution in [-0.2, 0) is 11.3 Å². The van der Waals surface area contributed by atoms with Crippen LogP contribution in [-0.4, -0.2) is 41.1 Å². The molecule has 1 spiro atoms. The number of rotatable bonds is 3. The van der Waals surface area contributed by atoms with Crippen molar-refractivity contribution in [3.05, 3.63) is 64.6 Å². The Bertz CT molecular complexity index is 1140. The maximum absolute atomic E-state index is 12.9. The summed E-state index contributed by atoms with van der Waals surface area (Å²) in [7, 11) is 2.12. The molecule has 0 aliphatic carbocycles. The first-order valence-electron chi connectivity index (χ1n) is 10.4. The molecule has 5 rings (SSSR count). The van der Waals surface area contributed by atoms with Crippen molar-refractivity contribution in [3.63, 3.8) is 0 Å². The van der Waals surface area contributed by atoms with Crippen molar-refractivity contribution in [3.8, 4) is 5.75 Å². The number of aromatic nitrogens is 1. The molecule has 1 unspecified atom stereocenters. The van der Waals surface area contributed by atoms with Crippen molar-refractivity contribution in [2.75, 3.05) is 20.1 Å². The Morgan fingerprint density at radius 3 is 2.70 bits per heavy atom. The van der Waals surface area contributed by atoms with Gasteiger partial charge in [-0.3, -0.25) is 9.36 Å². The number of amides is 1. The van der Waals surface area contributed by atoms with E-state index < -0.39 is 5.76 Å². The lowest BCUT2D eigenvalue weighted by Crippen LogP contribution is -2.51. The second-order valence-corrected chi connectivity index (χ2v) is 8.37. The molecule has 7 nitrogen and oxygen atoms in total. The number of carbonyl (C=O) groups is 1. The van der Waals surface area contributed by atoms with E-state index in [-0.39, 0.29) is 24.1 Å². The summed E-state index contributed by atoms with van der Waals surface area (Å²) < 4.78 is 13.1. The van der Waals surface area contributed by atoms with Crippen LogP contribution in [0.2, 0.25) is 0 Å². The molecule has 1 amide bonds. The number of nitrogens with zero attached hydrogens (tertiary/aromatic N) is 2. The summed E-state index contributed by atoms with van der Waals surface area (Å²) in [5.41, 5.74) is 1.83. The van der Waals surface area contributed by atoms with E-state index in [0.29, 0.717) is 11.1 Å². The normalized spacial score (nSPS) is 20.6. The minimum absolute atomic E-state index is 0.0783. The molecule has 1 saturated heterocycles. The van der Waals surface area contributed by atoms with Crippen LogP contribution in [0.4, 0.5) is 0 Å². The van der Waals surface area contributed by atoms with Crippen LogP contribution in [0.5, 0.6) is 5.75 Å². The Morgan fingerprint density at radius 2 is 1.87 bits per heavy atom. The lowest BCUT2D eigenvalue weighted by Gasteiger charge is -2.46. The molecule has 2 aliphatic heterocycles. The van der Waals surface area contributed by atoms with E-state index in [1.165, 1.54) is 4.57 Å². The van der Waals surface area contributed by atoms with Gasteiger partial charge in [-0.25, -0.2) is 4.79 Å². The van der Waals surface area contributed by atoms with Crippen LogP contribution in [0.1, 0.15) is 30.9 Å². The minimum atomic E-state index is -0.523. The van der Waals surface area contributed by atoms with Crippen LogP contribution in [0.25, 0.3) is 11.1 Å². The van der Waals surface area contributed by atoms with Crippen molar-refractivity contribution in [1.82, 2.24) is 14.8 Å². The number of hydrogen-bond donors (Lipinski definition) is 1. The fraction of sp³-hybridized carbons (Fsp3) is 0.391. The summed E-state index contributed by atoms with van der Waals surface area (Å²) in [6, 6.07) is 14.9. The van der Waals surface area contributed by atoms with Gasteiger partial charge in [0.2, 0.25) is 5.91 Å². The van der Waals surface area contributed by atoms with Crippen molar-refractivity contribution >= 4 is 17.0 Å². The van der Waals surface area contributed by atoms with Gasteiger partial charge in [0.1, 0.15) is 17.9 Å². The van der Waals surface area contributed by atoms with E-state index >= 15 is 0 Å². The number of ether oxygens (including phenoxy) is 1. The predicted octanol–water partition coefficient (Wildman–Crippen LogP) is 2.70. The zero-order valence-corrected chi connectivity index (χ0v) is 17.0. The Kier molecular flexibility index (Phi) is 4.62. The fourth-order valence-corrected chi connectivity index (χ4v) is 4.63. The van der Waals surface area contributed by atoms with E-state index in [0.717, 1.165) is 43.7 Å². The molecule has 3 aromatic rings. The Morgan fingerprint density at radius 1 is 1.13 bits per heavy atom. The van der Waals surface area contributed by atoms with E-state index in [1.54, 1.807) is 18.2 Å². The molecular weight excluding hydrogens is 382 g/mol.